The number of ether oxygens (including phenoxy) is 2. The molecule has 0 radical (unpaired) electrons. The van der Waals surface area contributed by atoms with Crippen LogP contribution in [0.5, 0.6) is 11.5 Å². The number of para-hydroxylation sites is 1. The van der Waals surface area contributed by atoms with Crippen molar-refractivity contribution >= 4 is 17.6 Å². The second kappa shape index (κ2) is 10.7. The van der Waals surface area contributed by atoms with Gasteiger partial charge < -0.3 is 24.6 Å². The van der Waals surface area contributed by atoms with Crippen molar-refractivity contribution in [1.29, 1.82) is 0 Å². The van der Waals surface area contributed by atoms with Gasteiger partial charge in [-0.05, 0) is 49.1 Å². The van der Waals surface area contributed by atoms with Crippen molar-refractivity contribution in [2.75, 3.05) is 46.2 Å². The monoisotopic (exact) mass is 425 g/mol. The minimum atomic E-state index is -0.175. The molecule has 1 aliphatic rings. The van der Waals surface area contributed by atoms with Gasteiger partial charge in [0.25, 0.3) is 0 Å². The lowest BCUT2D eigenvalue weighted by molar-refractivity contribution is -0.135. The topological polar surface area (TPSA) is 71.1 Å². The molecule has 0 aliphatic carbocycles. The molecule has 31 heavy (non-hydrogen) atoms. The second-order valence-electron chi connectivity index (χ2n) is 7.78. The Morgan fingerprint density at radius 1 is 1.10 bits per heavy atom. The summed E-state index contributed by atoms with van der Waals surface area (Å²) < 4.78 is 10.6. The Labute approximate surface area is 183 Å². The summed E-state index contributed by atoms with van der Waals surface area (Å²) in [7, 11) is 5.05. The smallest absolute Gasteiger partial charge is 0.321 e. The Hall–Kier alpha value is -3.22. The molecule has 0 saturated carbocycles. The molecule has 166 valence electrons. The third-order valence-corrected chi connectivity index (χ3v) is 5.64. The molecule has 1 heterocycles. The van der Waals surface area contributed by atoms with Crippen LogP contribution in [0.15, 0.2) is 48.5 Å². The lowest BCUT2D eigenvalue weighted by Gasteiger charge is -2.34. The molecule has 3 amide bonds. The van der Waals surface area contributed by atoms with Crippen molar-refractivity contribution in [1.82, 2.24) is 9.80 Å². The van der Waals surface area contributed by atoms with E-state index in [1.807, 2.05) is 55.6 Å². The molecule has 1 fully saturated rings. The van der Waals surface area contributed by atoms with Crippen LogP contribution >= 0.6 is 0 Å². The minimum Gasteiger partial charge on any atom is -0.493 e. The van der Waals surface area contributed by atoms with E-state index in [4.69, 9.17) is 9.47 Å². The Bertz CT molecular complexity index is 888. The molecule has 2 aromatic carbocycles. The summed E-state index contributed by atoms with van der Waals surface area (Å²) in [5, 5.41) is 2.91. The molecule has 2 aromatic rings. The number of nitrogens with one attached hydrogen (secondary N) is 1. The summed E-state index contributed by atoms with van der Waals surface area (Å²) in [4.78, 5) is 29.1. The van der Waals surface area contributed by atoms with Crippen LogP contribution in [0.3, 0.4) is 0 Å². The SMILES string of the molecule is COc1ccc(CCN(C)C(=O)C2CCCN(C(=O)Nc3ccccc3)C2)cc1OC. The molecule has 3 rings (SSSR count). The van der Waals surface area contributed by atoms with Crippen LogP contribution in [0.4, 0.5) is 10.5 Å². The van der Waals surface area contributed by atoms with Crippen LogP contribution in [0.25, 0.3) is 0 Å². The highest BCUT2D eigenvalue weighted by molar-refractivity contribution is 5.90. The maximum absolute atomic E-state index is 13.0. The highest BCUT2D eigenvalue weighted by atomic mass is 16.5. The van der Waals surface area contributed by atoms with Crippen LogP contribution in [0.1, 0.15) is 18.4 Å². The van der Waals surface area contributed by atoms with E-state index >= 15 is 0 Å². The van der Waals surface area contributed by atoms with E-state index in [2.05, 4.69) is 5.32 Å². The summed E-state index contributed by atoms with van der Waals surface area (Å²) in [6.07, 6.45) is 2.34. The summed E-state index contributed by atoms with van der Waals surface area (Å²) in [6.45, 7) is 1.71. The Kier molecular flexibility index (Phi) is 7.76. The van der Waals surface area contributed by atoms with Gasteiger partial charge in [0.15, 0.2) is 11.5 Å². The highest BCUT2D eigenvalue weighted by Gasteiger charge is 2.30. The zero-order valence-electron chi connectivity index (χ0n) is 18.5. The van der Waals surface area contributed by atoms with Crippen molar-refractivity contribution in [2.24, 2.45) is 5.92 Å². The largest absolute Gasteiger partial charge is 0.493 e. The third-order valence-electron chi connectivity index (χ3n) is 5.64. The molecule has 0 aromatic heterocycles. The van der Waals surface area contributed by atoms with E-state index in [-0.39, 0.29) is 17.9 Å². The zero-order valence-corrected chi connectivity index (χ0v) is 18.5. The number of likely N-dealkylation sites (N-methyl/N-ethyl adjacent to an activating group) is 1. The number of hydrogen-bond donors (Lipinski definition) is 1. The summed E-state index contributed by atoms with van der Waals surface area (Å²) in [5.74, 6) is 1.27. The van der Waals surface area contributed by atoms with Crippen molar-refractivity contribution in [3.05, 3.63) is 54.1 Å². The first-order valence-corrected chi connectivity index (χ1v) is 10.6. The predicted octanol–water partition coefficient (Wildman–Crippen LogP) is 3.65. The number of rotatable bonds is 7. The van der Waals surface area contributed by atoms with Gasteiger partial charge >= 0.3 is 6.03 Å². The number of benzene rings is 2. The normalized spacial score (nSPS) is 15.8. The van der Waals surface area contributed by atoms with Gasteiger partial charge in [0.05, 0.1) is 20.1 Å². The number of carbonyl (C=O) groups is 2. The first-order chi connectivity index (χ1) is 15.0. The molecule has 7 heteroatoms. The lowest BCUT2D eigenvalue weighted by Crippen LogP contribution is -2.47. The maximum atomic E-state index is 13.0. The van der Waals surface area contributed by atoms with Gasteiger partial charge in [0, 0.05) is 32.4 Å². The molecule has 1 saturated heterocycles. The van der Waals surface area contributed by atoms with E-state index in [9.17, 15) is 9.59 Å². The number of nitrogens with zero attached hydrogens (tertiary/aromatic N) is 2. The molecule has 1 N–H and O–H groups in total. The Balaban J connectivity index is 1.53. The van der Waals surface area contributed by atoms with Gasteiger partial charge in [-0.25, -0.2) is 4.79 Å². The summed E-state index contributed by atoms with van der Waals surface area (Å²) in [5.41, 5.74) is 1.83. The fourth-order valence-electron chi connectivity index (χ4n) is 3.84. The van der Waals surface area contributed by atoms with E-state index in [1.54, 1.807) is 24.0 Å². The number of methoxy groups -OCH3 is 2. The van der Waals surface area contributed by atoms with E-state index in [1.165, 1.54) is 0 Å². The molecule has 7 nitrogen and oxygen atoms in total. The standard InChI is InChI=1S/C24H31N3O4/c1-26(15-13-18-11-12-21(30-2)22(16-18)31-3)23(28)19-8-7-14-27(17-19)24(29)25-20-9-5-4-6-10-20/h4-6,9-12,16,19H,7-8,13-15,17H2,1-3H3,(H,25,29). The average Bonchev–Trinajstić information content (AvgIpc) is 2.82. The second-order valence-corrected chi connectivity index (χ2v) is 7.78. The number of hydrogen-bond acceptors (Lipinski definition) is 4. The van der Waals surface area contributed by atoms with Crippen LogP contribution in [0.2, 0.25) is 0 Å². The van der Waals surface area contributed by atoms with E-state index in [0.717, 1.165) is 24.1 Å². The van der Waals surface area contributed by atoms with Crippen molar-refractivity contribution in [3.8, 4) is 11.5 Å². The van der Waals surface area contributed by atoms with E-state index in [0.29, 0.717) is 37.6 Å². The average molecular weight is 426 g/mol. The molecule has 1 atom stereocenters. The number of anilines is 1. The quantitative estimate of drug-likeness (QED) is 0.735. The third kappa shape index (κ3) is 5.90. The number of urea groups is 1. The number of amides is 3. The summed E-state index contributed by atoms with van der Waals surface area (Å²) in [6, 6.07) is 15.0. The van der Waals surface area contributed by atoms with Gasteiger partial charge in [-0.1, -0.05) is 24.3 Å². The first kappa shape index (κ1) is 22.5. The zero-order chi connectivity index (χ0) is 22.2. The van der Waals surface area contributed by atoms with Gasteiger partial charge in [-0.3, -0.25) is 4.79 Å². The minimum absolute atomic E-state index is 0.0812. The van der Waals surface area contributed by atoms with Gasteiger partial charge in [0.1, 0.15) is 0 Å². The van der Waals surface area contributed by atoms with Crippen LogP contribution in [-0.4, -0.2) is 62.6 Å². The van der Waals surface area contributed by atoms with Crippen molar-refractivity contribution in [2.45, 2.75) is 19.3 Å². The maximum Gasteiger partial charge on any atom is 0.321 e. The fourth-order valence-corrected chi connectivity index (χ4v) is 3.84. The predicted molar refractivity (Wildman–Crippen MR) is 121 cm³/mol. The number of likely N-dealkylation sites (tertiary alicyclic amines) is 1. The molecular formula is C24H31N3O4. The number of piperidine rings is 1. The van der Waals surface area contributed by atoms with Crippen LogP contribution in [-0.2, 0) is 11.2 Å². The Morgan fingerprint density at radius 2 is 1.84 bits per heavy atom. The van der Waals surface area contributed by atoms with Crippen molar-refractivity contribution < 1.29 is 19.1 Å². The molecule has 1 aliphatic heterocycles. The molecule has 0 bridgehead atoms. The molecule has 0 spiro atoms. The fraction of sp³-hybridized carbons (Fsp3) is 0.417. The van der Waals surface area contributed by atoms with Crippen LogP contribution in [0, 0.1) is 5.92 Å². The van der Waals surface area contributed by atoms with E-state index < -0.39 is 0 Å². The molecule has 1 unspecified atom stereocenters. The first-order valence-electron chi connectivity index (χ1n) is 10.6. The van der Waals surface area contributed by atoms with Gasteiger partial charge in [0.2, 0.25) is 5.91 Å². The van der Waals surface area contributed by atoms with Gasteiger partial charge in [-0.15, -0.1) is 0 Å². The highest BCUT2D eigenvalue weighted by Crippen LogP contribution is 2.28. The van der Waals surface area contributed by atoms with Gasteiger partial charge in [-0.2, -0.15) is 0 Å². The number of carbonyl (C=O) groups excluding carboxylic acids is 2. The summed E-state index contributed by atoms with van der Waals surface area (Å²) >= 11 is 0. The Morgan fingerprint density at radius 3 is 2.55 bits per heavy atom. The molecular weight excluding hydrogens is 394 g/mol. The van der Waals surface area contributed by atoms with Crippen LogP contribution < -0.4 is 14.8 Å². The van der Waals surface area contributed by atoms with Crippen molar-refractivity contribution in [3.63, 3.8) is 0 Å². The lowest BCUT2D eigenvalue weighted by atomic mass is 9.96.